The van der Waals surface area contributed by atoms with Gasteiger partial charge in [-0.25, -0.2) is 17.5 Å². The number of aryl methyl sites for hydroxylation is 1. The molecule has 0 saturated carbocycles. The number of benzene rings is 3. The normalized spacial score (nSPS) is 12.5. The van der Waals surface area contributed by atoms with Gasteiger partial charge in [-0.05, 0) is 60.5 Å². The number of halogens is 6. The van der Waals surface area contributed by atoms with Crippen LogP contribution in [-0.4, -0.2) is 50.9 Å². The van der Waals surface area contributed by atoms with E-state index in [1.165, 1.54) is 65.9 Å². The van der Waals surface area contributed by atoms with E-state index in [1.807, 2.05) is 0 Å². The molecule has 0 saturated heterocycles. The van der Waals surface area contributed by atoms with Crippen LogP contribution in [0, 0.1) is 12.7 Å². The Morgan fingerprint density at radius 3 is 2.17 bits per heavy atom. The largest absolute Gasteiger partial charge is 0.573 e. The van der Waals surface area contributed by atoms with E-state index in [0.717, 1.165) is 24.5 Å². The molecule has 16 heteroatoms. The van der Waals surface area contributed by atoms with Gasteiger partial charge in [0.05, 0.1) is 34.8 Å². The Morgan fingerprint density at radius 1 is 0.957 bits per heavy atom. The highest BCUT2D eigenvalue weighted by Gasteiger charge is 2.34. The summed E-state index contributed by atoms with van der Waals surface area (Å²) < 4.78 is 114. The first-order valence-corrected chi connectivity index (χ1v) is 15.3. The van der Waals surface area contributed by atoms with Gasteiger partial charge in [-0.3, -0.25) is 4.68 Å². The van der Waals surface area contributed by atoms with Gasteiger partial charge in [0.25, 0.3) is 5.92 Å². The van der Waals surface area contributed by atoms with Crippen LogP contribution in [0.2, 0.25) is 0 Å². The number of aromatic nitrogens is 5. The minimum absolute atomic E-state index is 0.112. The van der Waals surface area contributed by atoms with Crippen LogP contribution in [0.1, 0.15) is 23.7 Å². The average Bonchev–Trinajstić information content (AvgIpc) is 3.55. The topological polar surface area (TPSA) is 112 Å². The highest BCUT2D eigenvalue weighted by molar-refractivity contribution is 7.90. The van der Waals surface area contributed by atoms with E-state index >= 15 is 4.39 Å². The van der Waals surface area contributed by atoms with Crippen LogP contribution in [0.15, 0.2) is 65.7 Å². The number of hydrogen-bond acceptors (Lipinski definition) is 7. The first kappa shape index (κ1) is 32.7. The smallest absolute Gasteiger partial charge is 0.406 e. The fourth-order valence-corrected chi connectivity index (χ4v) is 6.16. The fourth-order valence-electron chi connectivity index (χ4n) is 5.21. The maximum atomic E-state index is 15.1. The highest BCUT2D eigenvalue weighted by Crippen LogP contribution is 2.40. The Labute approximate surface area is 258 Å². The quantitative estimate of drug-likeness (QED) is 0.192. The van der Waals surface area contributed by atoms with E-state index in [9.17, 15) is 35.5 Å². The van der Waals surface area contributed by atoms with Gasteiger partial charge >= 0.3 is 6.36 Å². The molecule has 0 aliphatic heterocycles. The summed E-state index contributed by atoms with van der Waals surface area (Å²) in [6.07, 6.45) is -2.70. The molecule has 2 heterocycles. The number of rotatable bonds is 8. The number of sulfone groups is 1. The lowest BCUT2D eigenvalue weighted by molar-refractivity contribution is -0.274. The van der Waals surface area contributed by atoms with Gasteiger partial charge in [-0.1, -0.05) is 17.3 Å². The van der Waals surface area contributed by atoms with E-state index in [0.29, 0.717) is 18.1 Å². The van der Waals surface area contributed by atoms with E-state index in [4.69, 9.17) is 0 Å². The highest BCUT2D eigenvalue weighted by atomic mass is 32.2. The van der Waals surface area contributed by atoms with Gasteiger partial charge in [0.2, 0.25) is 0 Å². The van der Waals surface area contributed by atoms with Crippen molar-refractivity contribution in [2.75, 3.05) is 6.26 Å². The molecule has 0 fully saturated rings. The first-order chi connectivity index (χ1) is 21.4. The lowest BCUT2D eigenvalue weighted by Gasteiger charge is -2.17. The van der Waals surface area contributed by atoms with Crippen molar-refractivity contribution < 1.29 is 44.6 Å². The van der Waals surface area contributed by atoms with Gasteiger partial charge in [0, 0.05) is 42.5 Å². The number of aliphatic hydroxyl groups excluding tert-OH is 1. The molecule has 0 aliphatic rings. The fraction of sp³-hybridized carbons (Fsp3) is 0.233. The Bertz CT molecular complexity index is 2050. The van der Waals surface area contributed by atoms with Crippen molar-refractivity contribution in [1.82, 2.24) is 24.8 Å². The standard InChI is InChI=1S/C30H25F6N5O4S/c1-16-27(40(3)38-28(16)29(2,32)33)21-10-7-18(19-11-23(31)22(15-42)26(13-19)46(4,43)44)12-24(21)41-25(14-37-39-41)17-5-8-20(9-6-17)45-30(34,35)36/h5-14,42H,15H2,1-4H3. The molecule has 0 bridgehead atoms. The molecule has 1 N–H and O–H groups in total. The molecule has 5 aromatic rings. The van der Waals surface area contributed by atoms with Gasteiger partial charge in [0.1, 0.15) is 17.3 Å². The summed E-state index contributed by atoms with van der Waals surface area (Å²) in [6, 6.07) is 11.7. The second kappa shape index (κ2) is 11.6. The maximum Gasteiger partial charge on any atom is 0.573 e. The van der Waals surface area contributed by atoms with E-state index in [2.05, 4.69) is 20.1 Å². The third kappa shape index (κ3) is 6.35. The second-order valence-electron chi connectivity index (χ2n) is 10.5. The summed E-state index contributed by atoms with van der Waals surface area (Å²) >= 11 is 0. The van der Waals surface area contributed by atoms with Crippen molar-refractivity contribution in [3.8, 4) is 45.1 Å². The molecule has 46 heavy (non-hydrogen) atoms. The third-order valence-electron chi connectivity index (χ3n) is 7.16. The molecule has 0 atom stereocenters. The van der Waals surface area contributed by atoms with Gasteiger partial charge in [0.15, 0.2) is 9.84 Å². The lowest BCUT2D eigenvalue weighted by Crippen LogP contribution is -2.16. The number of nitrogens with zero attached hydrogens (tertiary/aromatic N) is 5. The SMILES string of the molecule is Cc1c(C(C)(F)F)nn(C)c1-c1ccc(-c2cc(F)c(CO)c(S(C)(=O)=O)c2)cc1-n1nncc1-c1ccc(OC(F)(F)F)cc1. The molecule has 5 rings (SSSR count). The van der Waals surface area contributed by atoms with Crippen LogP contribution in [0.5, 0.6) is 5.75 Å². The van der Waals surface area contributed by atoms with Crippen molar-refractivity contribution >= 4 is 9.84 Å². The molecule has 0 spiro atoms. The van der Waals surface area contributed by atoms with Crippen molar-refractivity contribution in [3.63, 3.8) is 0 Å². The summed E-state index contributed by atoms with van der Waals surface area (Å²) in [7, 11) is -2.50. The van der Waals surface area contributed by atoms with Gasteiger partial charge in [-0.15, -0.1) is 18.3 Å². The molecule has 0 unspecified atom stereocenters. The molecule has 3 aromatic carbocycles. The molecule has 0 amide bonds. The summed E-state index contributed by atoms with van der Waals surface area (Å²) in [6.45, 7) is 1.31. The molecular weight excluding hydrogens is 640 g/mol. The lowest BCUT2D eigenvalue weighted by atomic mass is 9.97. The Balaban J connectivity index is 1.75. The zero-order valence-electron chi connectivity index (χ0n) is 24.6. The first-order valence-electron chi connectivity index (χ1n) is 13.4. The van der Waals surface area contributed by atoms with E-state index in [-0.39, 0.29) is 33.8 Å². The number of aliphatic hydroxyl groups is 1. The van der Waals surface area contributed by atoms with E-state index < -0.39 is 56.4 Å². The minimum atomic E-state index is -4.90. The predicted octanol–water partition coefficient (Wildman–Crippen LogP) is 6.36. The average molecular weight is 666 g/mol. The Kier molecular flexibility index (Phi) is 8.23. The van der Waals surface area contributed by atoms with E-state index in [1.54, 1.807) is 0 Å². The monoisotopic (exact) mass is 665 g/mol. The number of ether oxygens (including phenoxy) is 1. The molecule has 2 aromatic heterocycles. The molecule has 242 valence electrons. The summed E-state index contributed by atoms with van der Waals surface area (Å²) in [5.74, 6) is -4.72. The molecule has 0 radical (unpaired) electrons. The van der Waals surface area contributed by atoms with Crippen LogP contribution < -0.4 is 4.74 Å². The van der Waals surface area contributed by atoms with Crippen LogP contribution >= 0.6 is 0 Å². The molecule has 0 aliphatic carbocycles. The Morgan fingerprint density at radius 2 is 1.61 bits per heavy atom. The predicted molar refractivity (Wildman–Crippen MR) is 154 cm³/mol. The van der Waals surface area contributed by atoms with Crippen molar-refractivity contribution in [1.29, 1.82) is 0 Å². The van der Waals surface area contributed by atoms with Gasteiger partial charge < -0.3 is 9.84 Å². The van der Waals surface area contributed by atoms with Crippen LogP contribution in [0.4, 0.5) is 26.3 Å². The van der Waals surface area contributed by atoms with Crippen molar-refractivity contribution in [2.45, 2.75) is 37.6 Å². The van der Waals surface area contributed by atoms with Crippen molar-refractivity contribution in [2.24, 2.45) is 7.05 Å². The summed E-state index contributed by atoms with van der Waals surface area (Å²) in [5, 5.41) is 21.8. The molecular formula is C30H25F6N5O4S. The second-order valence-corrected chi connectivity index (χ2v) is 12.5. The van der Waals surface area contributed by atoms with Gasteiger partial charge in [-0.2, -0.15) is 13.9 Å². The minimum Gasteiger partial charge on any atom is -0.406 e. The number of hydrogen-bond donors (Lipinski definition) is 1. The van der Waals surface area contributed by atoms with Crippen LogP contribution in [0.3, 0.4) is 0 Å². The van der Waals surface area contributed by atoms with Crippen LogP contribution in [0.25, 0.3) is 39.3 Å². The number of alkyl halides is 5. The van der Waals surface area contributed by atoms with Crippen LogP contribution in [-0.2, 0) is 29.4 Å². The zero-order valence-corrected chi connectivity index (χ0v) is 25.4. The zero-order chi connectivity index (χ0) is 33.8. The Hall–Kier alpha value is -4.70. The summed E-state index contributed by atoms with van der Waals surface area (Å²) in [4.78, 5) is -0.421. The van der Waals surface area contributed by atoms with Crippen molar-refractivity contribution in [3.05, 3.63) is 83.4 Å². The maximum absolute atomic E-state index is 15.1. The molecule has 9 nitrogen and oxygen atoms in total. The summed E-state index contributed by atoms with van der Waals surface area (Å²) in [5.41, 5.74) is 1.11. The third-order valence-corrected chi connectivity index (χ3v) is 8.32.